The van der Waals surface area contributed by atoms with E-state index in [1.165, 1.54) is 7.11 Å². The molecule has 0 aromatic heterocycles. The monoisotopic (exact) mass is 352 g/mol. The lowest BCUT2D eigenvalue weighted by Crippen LogP contribution is -2.63. The standard InChI is InChI=1S/C13H20O11/c1-20-12-7(17)9-8(3(22-12)2-21-9)23-13-6(16)4(14)5(15)10(24-13)11(18)19/h3-10,12-17H,2H2,1H3,(H,18,19)/t3?,4-,5+,6-,7+,8+,9?,10?,12+,13+/m0/s1. The second-order valence-electron chi connectivity index (χ2n) is 5.90. The van der Waals surface area contributed by atoms with Crippen LogP contribution >= 0.6 is 0 Å². The van der Waals surface area contributed by atoms with Gasteiger partial charge >= 0.3 is 5.97 Å². The van der Waals surface area contributed by atoms with Crippen LogP contribution in [0.5, 0.6) is 0 Å². The first-order chi connectivity index (χ1) is 11.3. The van der Waals surface area contributed by atoms with Crippen LogP contribution in [0.25, 0.3) is 0 Å². The summed E-state index contributed by atoms with van der Waals surface area (Å²) in [4.78, 5) is 11.1. The van der Waals surface area contributed by atoms with E-state index < -0.39 is 67.4 Å². The summed E-state index contributed by atoms with van der Waals surface area (Å²) in [6.45, 7) is 0.0998. The molecule has 0 amide bonds. The fourth-order valence-corrected chi connectivity index (χ4v) is 3.10. The van der Waals surface area contributed by atoms with Crippen molar-refractivity contribution in [2.45, 2.75) is 61.4 Å². The van der Waals surface area contributed by atoms with E-state index in [0.717, 1.165) is 0 Å². The van der Waals surface area contributed by atoms with Gasteiger partial charge in [-0.25, -0.2) is 4.79 Å². The van der Waals surface area contributed by atoms with Gasteiger partial charge in [-0.3, -0.25) is 0 Å². The van der Waals surface area contributed by atoms with Gasteiger partial charge in [0.2, 0.25) is 0 Å². The van der Waals surface area contributed by atoms with E-state index in [9.17, 15) is 25.2 Å². The molecular formula is C13H20O11. The summed E-state index contributed by atoms with van der Waals surface area (Å²) >= 11 is 0. The zero-order chi connectivity index (χ0) is 17.6. The molecule has 24 heavy (non-hydrogen) atoms. The topological polar surface area (TPSA) is 164 Å². The minimum Gasteiger partial charge on any atom is -0.479 e. The number of hydrogen-bond donors (Lipinski definition) is 5. The highest BCUT2D eigenvalue weighted by atomic mass is 16.8. The van der Waals surface area contributed by atoms with Crippen molar-refractivity contribution in [3.05, 3.63) is 0 Å². The zero-order valence-electron chi connectivity index (χ0n) is 12.7. The average molecular weight is 352 g/mol. The molecule has 0 radical (unpaired) electrons. The molecule has 3 aliphatic heterocycles. The Morgan fingerprint density at radius 2 is 1.71 bits per heavy atom. The Labute approximate surface area is 136 Å². The second-order valence-corrected chi connectivity index (χ2v) is 5.90. The lowest BCUT2D eigenvalue weighted by molar-refractivity contribution is -0.333. The minimum absolute atomic E-state index is 0.0998. The molecule has 0 spiro atoms. The van der Waals surface area contributed by atoms with Crippen molar-refractivity contribution >= 4 is 5.97 Å². The molecule has 0 aliphatic carbocycles. The maximum Gasteiger partial charge on any atom is 0.335 e. The van der Waals surface area contributed by atoms with Crippen molar-refractivity contribution in [3.63, 3.8) is 0 Å². The summed E-state index contributed by atoms with van der Waals surface area (Å²) in [6.07, 6.45) is -13.0. The van der Waals surface area contributed by atoms with E-state index in [1.54, 1.807) is 0 Å². The minimum atomic E-state index is -1.81. The van der Waals surface area contributed by atoms with Crippen molar-refractivity contribution in [2.75, 3.05) is 13.7 Å². The maximum absolute atomic E-state index is 11.1. The molecule has 3 unspecified atom stereocenters. The first-order valence-corrected chi connectivity index (χ1v) is 7.41. The van der Waals surface area contributed by atoms with E-state index in [-0.39, 0.29) is 6.61 Å². The van der Waals surface area contributed by atoms with Gasteiger partial charge in [0.15, 0.2) is 18.7 Å². The van der Waals surface area contributed by atoms with E-state index in [2.05, 4.69) is 0 Å². The Morgan fingerprint density at radius 1 is 1.00 bits per heavy atom. The molecule has 11 heteroatoms. The average Bonchev–Trinajstić information content (AvgIpc) is 2.85. The number of aliphatic hydroxyl groups excluding tert-OH is 4. The van der Waals surface area contributed by atoms with Crippen LogP contribution in [0.1, 0.15) is 0 Å². The third-order valence-electron chi connectivity index (χ3n) is 4.40. The molecule has 2 bridgehead atoms. The van der Waals surface area contributed by atoms with Crippen molar-refractivity contribution in [2.24, 2.45) is 0 Å². The molecule has 3 aliphatic rings. The summed E-state index contributed by atoms with van der Waals surface area (Å²) in [7, 11) is 1.36. The summed E-state index contributed by atoms with van der Waals surface area (Å²) in [5.74, 6) is -1.51. The van der Waals surface area contributed by atoms with E-state index in [1.807, 2.05) is 0 Å². The Kier molecular flexibility index (Phi) is 5.06. The summed E-state index contributed by atoms with van der Waals surface area (Å²) in [5.41, 5.74) is 0. The van der Waals surface area contributed by atoms with Gasteiger partial charge in [-0.1, -0.05) is 0 Å². The van der Waals surface area contributed by atoms with Crippen LogP contribution in [0.4, 0.5) is 0 Å². The predicted octanol–water partition coefficient (Wildman–Crippen LogP) is -3.61. The van der Waals surface area contributed by atoms with Crippen LogP contribution in [-0.2, 0) is 28.5 Å². The number of carboxylic acids is 1. The van der Waals surface area contributed by atoms with Crippen molar-refractivity contribution in [1.82, 2.24) is 0 Å². The van der Waals surface area contributed by atoms with Gasteiger partial charge in [0, 0.05) is 7.11 Å². The molecule has 10 atom stereocenters. The number of ether oxygens (including phenoxy) is 5. The fourth-order valence-electron chi connectivity index (χ4n) is 3.10. The van der Waals surface area contributed by atoms with Crippen LogP contribution in [0.2, 0.25) is 0 Å². The molecule has 3 rings (SSSR count). The predicted molar refractivity (Wildman–Crippen MR) is 70.6 cm³/mol. The Balaban J connectivity index is 1.72. The molecular weight excluding hydrogens is 332 g/mol. The van der Waals surface area contributed by atoms with Crippen LogP contribution in [-0.4, -0.2) is 107 Å². The molecule has 138 valence electrons. The molecule has 0 saturated carbocycles. The number of rotatable bonds is 4. The normalized spacial score (nSPS) is 51.5. The molecule has 0 aromatic carbocycles. The Hall–Kier alpha value is -0.890. The number of methoxy groups -OCH3 is 1. The summed E-state index contributed by atoms with van der Waals surface area (Å²) < 4.78 is 26.4. The number of hydrogen-bond acceptors (Lipinski definition) is 10. The van der Waals surface area contributed by atoms with E-state index in [0.29, 0.717) is 0 Å². The van der Waals surface area contributed by atoms with Crippen molar-refractivity contribution < 1.29 is 54.0 Å². The van der Waals surface area contributed by atoms with Gasteiger partial charge < -0.3 is 49.2 Å². The molecule has 11 nitrogen and oxygen atoms in total. The van der Waals surface area contributed by atoms with Crippen LogP contribution in [0.3, 0.4) is 0 Å². The Bertz CT molecular complexity index is 473. The van der Waals surface area contributed by atoms with Crippen LogP contribution in [0, 0.1) is 0 Å². The highest BCUT2D eigenvalue weighted by Gasteiger charge is 2.55. The number of fused-ring (bicyclic) bond motifs is 2. The SMILES string of the molecule is CO[C@@H]1OC2COC([C@@H]2O[C@@H]2OC(C(=O)O)[C@H](O)[C@H](O)[C@@H]2O)[C@H]1O. The number of aliphatic hydroxyl groups is 4. The molecule has 3 heterocycles. The van der Waals surface area contributed by atoms with Gasteiger partial charge in [0.25, 0.3) is 0 Å². The number of carbonyl (C=O) groups is 1. The maximum atomic E-state index is 11.1. The Morgan fingerprint density at radius 3 is 2.33 bits per heavy atom. The zero-order valence-corrected chi connectivity index (χ0v) is 12.7. The fraction of sp³-hybridized carbons (Fsp3) is 0.923. The summed E-state index contributed by atoms with van der Waals surface area (Å²) in [6, 6.07) is 0. The molecule has 3 saturated heterocycles. The highest BCUT2D eigenvalue weighted by molar-refractivity contribution is 5.73. The number of aliphatic carboxylic acids is 1. The van der Waals surface area contributed by atoms with Crippen LogP contribution in [0.15, 0.2) is 0 Å². The van der Waals surface area contributed by atoms with Gasteiger partial charge in [0.1, 0.15) is 42.7 Å². The largest absolute Gasteiger partial charge is 0.479 e. The van der Waals surface area contributed by atoms with Crippen molar-refractivity contribution in [1.29, 1.82) is 0 Å². The lowest BCUT2D eigenvalue weighted by Gasteiger charge is -2.42. The first-order valence-electron chi connectivity index (χ1n) is 7.41. The van der Waals surface area contributed by atoms with Gasteiger partial charge in [-0.15, -0.1) is 0 Å². The summed E-state index contributed by atoms with van der Waals surface area (Å²) in [5, 5.41) is 48.5. The second kappa shape index (κ2) is 6.78. The molecule has 5 N–H and O–H groups in total. The lowest BCUT2D eigenvalue weighted by atomic mass is 9.98. The third-order valence-corrected chi connectivity index (χ3v) is 4.40. The van der Waals surface area contributed by atoms with E-state index in [4.69, 9.17) is 28.8 Å². The van der Waals surface area contributed by atoms with Crippen molar-refractivity contribution in [3.8, 4) is 0 Å². The highest BCUT2D eigenvalue weighted by Crippen LogP contribution is 2.34. The van der Waals surface area contributed by atoms with Gasteiger partial charge in [-0.05, 0) is 0 Å². The van der Waals surface area contributed by atoms with Crippen LogP contribution < -0.4 is 0 Å². The molecule has 0 aromatic rings. The van der Waals surface area contributed by atoms with Gasteiger partial charge in [0.05, 0.1) is 6.61 Å². The third kappa shape index (κ3) is 2.92. The smallest absolute Gasteiger partial charge is 0.335 e. The van der Waals surface area contributed by atoms with E-state index >= 15 is 0 Å². The van der Waals surface area contributed by atoms with Gasteiger partial charge in [-0.2, -0.15) is 0 Å². The quantitative estimate of drug-likeness (QED) is 0.339. The number of carboxylic acid groups (broad SMARTS) is 1. The first kappa shape index (κ1) is 17.9. The molecule has 3 fully saturated rings.